The number of carbonyl (C=O) groups is 1. The van der Waals surface area contributed by atoms with Crippen molar-refractivity contribution in [1.82, 2.24) is 14.8 Å². The highest BCUT2D eigenvalue weighted by Crippen LogP contribution is 2.45. The third kappa shape index (κ3) is 3.28. The Morgan fingerprint density at radius 1 is 1.11 bits per heavy atom. The molecule has 4 nitrogen and oxygen atoms in total. The quantitative estimate of drug-likeness (QED) is 0.784. The Labute approximate surface area is 162 Å². The molecule has 2 fully saturated rings. The van der Waals surface area contributed by atoms with Gasteiger partial charge in [0, 0.05) is 37.8 Å². The van der Waals surface area contributed by atoms with E-state index in [2.05, 4.69) is 36.0 Å². The van der Waals surface area contributed by atoms with Gasteiger partial charge in [0.25, 0.3) is 5.91 Å². The minimum atomic E-state index is -4.50. The van der Waals surface area contributed by atoms with Crippen molar-refractivity contribution in [1.29, 1.82) is 0 Å². The fourth-order valence-corrected chi connectivity index (χ4v) is 4.68. The summed E-state index contributed by atoms with van der Waals surface area (Å²) in [6.07, 6.45) is -3.47. The molecule has 3 atom stereocenters. The van der Waals surface area contributed by atoms with Crippen LogP contribution in [-0.4, -0.2) is 47.4 Å². The zero-order valence-corrected chi connectivity index (χ0v) is 15.8. The summed E-state index contributed by atoms with van der Waals surface area (Å²) in [4.78, 5) is 20.4. The maximum Gasteiger partial charge on any atom is 0.433 e. The van der Waals surface area contributed by atoms with Gasteiger partial charge in [0.05, 0.1) is 5.56 Å². The Morgan fingerprint density at radius 2 is 1.86 bits per heavy atom. The minimum absolute atomic E-state index is 0.203. The molecule has 2 aromatic rings. The Hall–Kier alpha value is -2.41. The first kappa shape index (κ1) is 18.9. The van der Waals surface area contributed by atoms with Crippen LogP contribution in [0.1, 0.15) is 33.2 Å². The zero-order valence-electron chi connectivity index (χ0n) is 15.8. The van der Waals surface area contributed by atoms with Gasteiger partial charge in [-0.1, -0.05) is 24.3 Å². The second-order valence-electron chi connectivity index (χ2n) is 7.80. The van der Waals surface area contributed by atoms with E-state index < -0.39 is 11.9 Å². The Morgan fingerprint density at radius 3 is 2.50 bits per heavy atom. The standard InChI is InChI=1S/C21H22F3N3O/c1-13-5-3-4-6-16(13)19-17-12-27(11-15(17)10-26(19)2)20(28)14-7-8-18(25-9-14)21(22,23)24/h3-9,15,17,19H,10-12H2,1-2H3/t15-,17+,19-/m0/s1. The van der Waals surface area contributed by atoms with E-state index in [1.54, 1.807) is 4.90 Å². The number of hydrogen-bond donors (Lipinski definition) is 0. The van der Waals surface area contributed by atoms with Gasteiger partial charge in [-0.05, 0) is 43.1 Å². The highest BCUT2D eigenvalue weighted by Gasteiger charge is 2.47. The van der Waals surface area contributed by atoms with Gasteiger partial charge in [-0.25, -0.2) is 0 Å². The van der Waals surface area contributed by atoms with Crippen LogP contribution < -0.4 is 0 Å². The number of aromatic nitrogens is 1. The monoisotopic (exact) mass is 389 g/mol. The first-order chi connectivity index (χ1) is 13.3. The van der Waals surface area contributed by atoms with Crippen molar-refractivity contribution in [3.8, 4) is 0 Å². The number of hydrogen-bond acceptors (Lipinski definition) is 3. The van der Waals surface area contributed by atoms with Crippen LogP contribution >= 0.6 is 0 Å². The van der Waals surface area contributed by atoms with Crippen LogP contribution in [0.15, 0.2) is 42.6 Å². The summed E-state index contributed by atoms with van der Waals surface area (Å²) in [5.41, 5.74) is 1.73. The van der Waals surface area contributed by atoms with Gasteiger partial charge >= 0.3 is 6.18 Å². The topological polar surface area (TPSA) is 36.4 Å². The number of benzene rings is 1. The molecular weight excluding hydrogens is 367 g/mol. The van der Waals surface area contributed by atoms with Gasteiger partial charge < -0.3 is 4.90 Å². The smallest absolute Gasteiger partial charge is 0.338 e. The summed E-state index contributed by atoms with van der Waals surface area (Å²) in [5, 5.41) is 0. The molecule has 0 bridgehead atoms. The molecule has 0 saturated carbocycles. The predicted octanol–water partition coefficient (Wildman–Crippen LogP) is 3.78. The molecule has 2 aliphatic rings. The number of halogens is 3. The van der Waals surface area contributed by atoms with Gasteiger partial charge in [-0.15, -0.1) is 0 Å². The molecule has 1 aromatic heterocycles. The second-order valence-corrected chi connectivity index (χ2v) is 7.80. The molecule has 2 saturated heterocycles. The third-order valence-corrected chi connectivity index (χ3v) is 5.99. The van der Waals surface area contributed by atoms with Crippen LogP contribution in [0.5, 0.6) is 0 Å². The minimum Gasteiger partial charge on any atom is -0.338 e. The van der Waals surface area contributed by atoms with Crippen molar-refractivity contribution in [2.45, 2.75) is 19.1 Å². The normalized spacial score (nSPS) is 25.2. The fraction of sp³-hybridized carbons (Fsp3) is 0.429. The highest BCUT2D eigenvalue weighted by molar-refractivity contribution is 5.94. The number of alkyl halides is 3. The first-order valence-electron chi connectivity index (χ1n) is 9.34. The number of carbonyl (C=O) groups excluding carboxylic acids is 1. The van der Waals surface area contributed by atoms with E-state index in [1.165, 1.54) is 17.2 Å². The number of likely N-dealkylation sites (tertiary alicyclic amines) is 2. The van der Waals surface area contributed by atoms with Crippen LogP contribution in [0.3, 0.4) is 0 Å². The molecule has 4 rings (SSSR count). The number of rotatable bonds is 2. The molecule has 0 radical (unpaired) electrons. The Bertz CT molecular complexity index is 881. The summed E-state index contributed by atoms with van der Waals surface area (Å²) in [7, 11) is 2.11. The van der Waals surface area contributed by atoms with E-state index in [1.807, 2.05) is 12.1 Å². The molecule has 0 spiro atoms. The SMILES string of the molecule is Cc1ccccc1[C@H]1[C@@H]2CN(C(=O)c3ccc(C(F)(F)F)nc3)C[C@@H]2CN1C. The average molecular weight is 389 g/mol. The summed E-state index contributed by atoms with van der Waals surface area (Å²) in [6.45, 7) is 4.23. The number of fused-ring (bicyclic) bond motifs is 1. The Balaban J connectivity index is 1.52. The summed E-state index contributed by atoms with van der Waals surface area (Å²) in [6, 6.07) is 10.6. The van der Waals surface area contributed by atoms with Crippen LogP contribution in [0, 0.1) is 18.8 Å². The molecule has 0 unspecified atom stereocenters. The number of pyridine rings is 1. The maximum atomic E-state index is 12.8. The van der Waals surface area contributed by atoms with Crippen LogP contribution in [0.4, 0.5) is 13.2 Å². The van der Waals surface area contributed by atoms with E-state index in [4.69, 9.17) is 0 Å². The Kier molecular flexibility index (Phi) is 4.65. The summed E-state index contributed by atoms with van der Waals surface area (Å²) in [5.74, 6) is 0.431. The molecule has 3 heterocycles. The van der Waals surface area contributed by atoms with E-state index in [9.17, 15) is 18.0 Å². The van der Waals surface area contributed by atoms with E-state index in [-0.39, 0.29) is 17.5 Å². The van der Waals surface area contributed by atoms with Gasteiger partial charge in [-0.3, -0.25) is 14.7 Å². The predicted molar refractivity (Wildman–Crippen MR) is 98.7 cm³/mol. The molecule has 1 aromatic carbocycles. The van der Waals surface area contributed by atoms with Gasteiger partial charge in [0.1, 0.15) is 5.69 Å². The molecule has 28 heavy (non-hydrogen) atoms. The van der Waals surface area contributed by atoms with E-state index in [0.717, 1.165) is 18.8 Å². The maximum absolute atomic E-state index is 12.8. The van der Waals surface area contributed by atoms with Crippen molar-refractivity contribution in [2.24, 2.45) is 11.8 Å². The highest BCUT2D eigenvalue weighted by atomic mass is 19.4. The number of nitrogens with zero attached hydrogens (tertiary/aromatic N) is 3. The molecular formula is C21H22F3N3O. The van der Waals surface area contributed by atoms with Crippen molar-refractivity contribution in [2.75, 3.05) is 26.7 Å². The molecule has 148 valence electrons. The van der Waals surface area contributed by atoms with Gasteiger partial charge in [0.15, 0.2) is 0 Å². The second kappa shape index (κ2) is 6.88. The first-order valence-corrected chi connectivity index (χ1v) is 9.34. The van der Waals surface area contributed by atoms with Crippen molar-refractivity contribution in [3.63, 3.8) is 0 Å². The molecule has 7 heteroatoms. The molecule has 0 aliphatic carbocycles. The summed E-state index contributed by atoms with van der Waals surface area (Å²) < 4.78 is 38.1. The molecule has 2 aliphatic heterocycles. The zero-order chi connectivity index (χ0) is 20.1. The fourth-order valence-electron chi connectivity index (χ4n) is 4.68. The lowest BCUT2D eigenvalue weighted by Gasteiger charge is -2.28. The molecule has 0 N–H and O–H groups in total. The third-order valence-electron chi connectivity index (χ3n) is 5.99. The van der Waals surface area contributed by atoms with Crippen LogP contribution in [-0.2, 0) is 6.18 Å². The van der Waals surface area contributed by atoms with Gasteiger partial charge in [0.2, 0.25) is 0 Å². The van der Waals surface area contributed by atoms with Crippen LogP contribution in [0.25, 0.3) is 0 Å². The summed E-state index contributed by atoms with van der Waals surface area (Å²) >= 11 is 0. The number of aryl methyl sites for hydroxylation is 1. The lowest BCUT2D eigenvalue weighted by atomic mass is 9.88. The van der Waals surface area contributed by atoms with Crippen molar-refractivity contribution < 1.29 is 18.0 Å². The average Bonchev–Trinajstić information content (AvgIpc) is 3.18. The van der Waals surface area contributed by atoms with E-state index >= 15 is 0 Å². The van der Waals surface area contributed by atoms with Crippen molar-refractivity contribution >= 4 is 5.91 Å². The molecule has 1 amide bonds. The van der Waals surface area contributed by atoms with Gasteiger partial charge in [-0.2, -0.15) is 13.2 Å². The van der Waals surface area contributed by atoms with Crippen molar-refractivity contribution in [3.05, 3.63) is 65.0 Å². The van der Waals surface area contributed by atoms with Crippen LogP contribution in [0.2, 0.25) is 0 Å². The van der Waals surface area contributed by atoms with E-state index in [0.29, 0.717) is 24.9 Å². The lowest BCUT2D eigenvalue weighted by Crippen LogP contribution is -2.33. The lowest BCUT2D eigenvalue weighted by molar-refractivity contribution is -0.141. The number of amides is 1. The largest absolute Gasteiger partial charge is 0.433 e.